The molecule has 0 unspecified atom stereocenters. The van der Waals surface area contributed by atoms with E-state index in [-0.39, 0.29) is 11.8 Å². The number of hydrogen-bond acceptors (Lipinski definition) is 6. The molecular weight excluding hydrogens is 390 g/mol. The summed E-state index contributed by atoms with van der Waals surface area (Å²) in [5.74, 6) is -0.224. The number of benzene rings is 1. The number of ether oxygens (including phenoxy) is 1. The maximum absolute atomic E-state index is 12.7. The highest BCUT2D eigenvalue weighted by Crippen LogP contribution is 2.26. The fourth-order valence-corrected chi connectivity index (χ4v) is 3.56. The first-order valence-corrected chi connectivity index (χ1v) is 9.97. The maximum atomic E-state index is 12.7. The summed E-state index contributed by atoms with van der Waals surface area (Å²) in [5.41, 5.74) is 7.42. The predicted molar refractivity (Wildman–Crippen MR) is 113 cm³/mol. The highest BCUT2D eigenvalue weighted by atomic mass is 32.1. The van der Waals surface area contributed by atoms with Crippen molar-refractivity contribution in [3.8, 4) is 16.3 Å². The van der Waals surface area contributed by atoms with Crippen LogP contribution in [0.4, 0.5) is 5.69 Å². The van der Waals surface area contributed by atoms with Crippen LogP contribution in [0.15, 0.2) is 41.8 Å². The SMILES string of the molecule is COc1ccc(NC(=O)c2cc(-c3cccs3)n(C)n2)cc1C(=O)NCCCN. The summed E-state index contributed by atoms with van der Waals surface area (Å²) < 4.78 is 6.94. The Balaban J connectivity index is 1.77. The number of aromatic nitrogens is 2. The topological polar surface area (TPSA) is 111 Å². The van der Waals surface area contributed by atoms with Crippen molar-refractivity contribution in [1.29, 1.82) is 0 Å². The molecule has 0 bridgehead atoms. The van der Waals surface area contributed by atoms with Gasteiger partial charge in [-0.05, 0) is 48.7 Å². The molecule has 1 aromatic carbocycles. The van der Waals surface area contributed by atoms with Crippen molar-refractivity contribution >= 4 is 28.8 Å². The van der Waals surface area contributed by atoms with E-state index in [1.807, 2.05) is 17.5 Å². The molecule has 3 rings (SSSR count). The number of nitrogens with one attached hydrogen (secondary N) is 2. The van der Waals surface area contributed by atoms with Gasteiger partial charge in [0.05, 0.1) is 23.2 Å². The van der Waals surface area contributed by atoms with Crippen molar-refractivity contribution in [3.63, 3.8) is 0 Å². The Hall–Kier alpha value is -3.17. The fourth-order valence-electron chi connectivity index (χ4n) is 2.79. The molecule has 0 aliphatic heterocycles. The van der Waals surface area contributed by atoms with E-state index in [9.17, 15) is 9.59 Å². The summed E-state index contributed by atoms with van der Waals surface area (Å²) >= 11 is 1.58. The van der Waals surface area contributed by atoms with Crippen molar-refractivity contribution in [2.24, 2.45) is 12.8 Å². The van der Waals surface area contributed by atoms with Crippen LogP contribution in [0.1, 0.15) is 27.3 Å². The molecule has 8 nitrogen and oxygen atoms in total. The number of carbonyl (C=O) groups excluding carboxylic acids is 2. The second kappa shape index (κ2) is 9.35. The van der Waals surface area contributed by atoms with Gasteiger partial charge in [-0.25, -0.2) is 0 Å². The Kier molecular flexibility index (Phi) is 6.63. The first-order chi connectivity index (χ1) is 14.0. The number of amides is 2. The van der Waals surface area contributed by atoms with Crippen LogP contribution < -0.4 is 21.1 Å². The summed E-state index contributed by atoms with van der Waals surface area (Å²) in [6.45, 7) is 0.958. The summed E-state index contributed by atoms with van der Waals surface area (Å²) in [4.78, 5) is 26.1. The van der Waals surface area contributed by atoms with E-state index < -0.39 is 0 Å². The van der Waals surface area contributed by atoms with Gasteiger partial charge in [0.25, 0.3) is 11.8 Å². The zero-order valence-corrected chi connectivity index (χ0v) is 17.1. The molecular formula is C20H23N5O3S. The lowest BCUT2D eigenvalue weighted by atomic mass is 10.1. The van der Waals surface area contributed by atoms with Crippen LogP contribution in [-0.4, -0.2) is 41.8 Å². The van der Waals surface area contributed by atoms with Crippen molar-refractivity contribution in [2.75, 3.05) is 25.5 Å². The molecule has 0 aliphatic carbocycles. The van der Waals surface area contributed by atoms with Crippen LogP contribution in [0.25, 0.3) is 10.6 Å². The molecule has 29 heavy (non-hydrogen) atoms. The lowest BCUT2D eigenvalue weighted by Gasteiger charge is -2.11. The maximum Gasteiger partial charge on any atom is 0.276 e. The monoisotopic (exact) mass is 413 g/mol. The Morgan fingerprint density at radius 3 is 2.76 bits per heavy atom. The van der Waals surface area contributed by atoms with Gasteiger partial charge >= 0.3 is 0 Å². The molecule has 0 spiro atoms. The second-order valence-electron chi connectivity index (χ2n) is 6.28. The van der Waals surface area contributed by atoms with E-state index in [0.29, 0.717) is 42.2 Å². The molecule has 0 radical (unpaired) electrons. The average molecular weight is 414 g/mol. The third-order valence-corrected chi connectivity index (χ3v) is 5.15. The standard InChI is InChI=1S/C20H23N5O3S/c1-25-16(18-5-3-10-29-18)12-15(24-25)20(27)23-13-6-7-17(28-2)14(11-13)19(26)22-9-4-8-21/h3,5-7,10-12H,4,8-9,21H2,1-2H3,(H,22,26)(H,23,27). The van der Waals surface area contributed by atoms with E-state index in [1.54, 1.807) is 47.3 Å². The number of nitrogens with two attached hydrogens (primary N) is 1. The first kappa shape index (κ1) is 20.6. The normalized spacial score (nSPS) is 10.6. The lowest BCUT2D eigenvalue weighted by Crippen LogP contribution is -2.26. The van der Waals surface area contributed by atoms with Crippen molar-refractivity contribution in [2.45, 2.75) is 6.42 Å². The number of thiophene rings is 1. The molecule has 0 saturated heterocycles. The molecule has 3 aromatic rings. The number of carbonyl (C=O) groups is 2. The predicted octanol–water partition coefficient (Wildman–Crippen LogP) is 2.49. The van der Waals surface area contributed by atoms with Crippen molar-refractivity contribution in [1.82, 2.24) is 15.1 Å². The molecule has 0 atom stereocenters. The smallest absolute Gasteiger partial charge is 0.276 e. The van der Waals surface area contributed by atoms with Gasteiger partial charge in [0.1, 0.15) is 5.75 Å². The van der Waals surface area contributed by atoms with Crippen molar-refractivity contribution < 1.29 is 14.3 Å². The van der Waals surface area contributed by atoms with Crippen molar-refractivity contribution in [3.05, 3.63) is 53.0 Å². The number of nitrogens with zero attached hydrogens (tertiary/aromatic N) is 2. The van der Waals surface area contributed by atoms with Gasteiger partial charge < -0.3 is 21.1 Å². The average Bonchev–Trinajstić information content (AvgIpc) is 3.37. The largest absolute Gasteiger partial charge is 0.496 e. The van der Waals surface area contributed by atoms with Gasteiger partial charge in [-0.15, -0.1) is 11.3 Å². The molecule has 9 heteroatoms. The third kappa shape index (κ3) is 4.82. The minimum Gasteiger partial charge on any atom is -0.496 e. The number of hydrogen-bond donors (Lipinski definition) is 3. The molecule has 0 saturated carbocycles. The zero-order valence-electron chi connectivity index (χ0n) is 16.3. The van der Waals surface area contributed by atoms with Gasteiger partial charge in [-0.2, -0.15) is 5.10 Å². The first-order valence-electron chi connectivity index (χ1n) is 9.09. The minimum atomic E-state index is -0.358. The van der Waals surface area contributed by atoms with Crippen LogP contribution in [-0.2, 0) is 7.05 Å². The second-order valence-corrected chi connectivity index (χ2v) is 7.23. The summed E-state index contributed by atoms with van der Waals surface area (Å²) in [6.07, 6.45) is 0.677. The number of rotatable bonds is 8. The highest BCUT2D eigenvalue weighted by molar-refractivity contribution is 7.13. The van der Waals surface area contributed by atoms with Crippen LogP contribution in [0.3, 0.4) is 0 Å². The fraction of sp³-hybridized carbons (Fsp3) is 0.250. The van der Waals surface area contributed by atoms with Crippen LogP contribution >= 0.6 is 11.3 Å². The van der Waals surface area contributed by atoms with Crippen LogP contribution in [0, 0.1) is 0 Å². The quantitative estimate of drug-likeness (QED) is 0.491. The third-order valence-electron chi connectivity index (χ3n) is 4.25. The van der Waals surface area contributed by atoms with E-state index in [1.165, 1.54) is 7.11 Å². The molecule has 2 aromatic heterocycles. The summed E-state index contributed by atoms with van der Waals surface area (Å²) in [6, 6.07) is 10.6. The molecule has 2 amide bonds. The lowest BCUT2D eigenvalue weighted by molar-refractivity contribution is 0.0949. The van der Waals surface area contributed by atoms with Gasteiger partial charge in [-0.3, -0.25) is 14.3 Å². The van der Waals surface area contributed by atoms with Gasteiger partial charge in [0.2, 0.25) is 0 Å². The zero-order chi connectivity index (χ0) is 20.8. The van der Waals surface area contributed by atoms with Crippen LogP contribution in [0.2, 0.25) is 0 Å². The molecule has 0 fully saturated rings. The van der Waals surface area contributed by atoms with E-state index in [2.05, 4.69) is 15.7 Å². The Morgan fingerprint density at radius 2 is 2.07 bits per heavy atom. The van der Waals surface area contributed by atoms with E-state index in [0.717, 1.165) is 10.6 Å². The van der Waals surface area contributed by atoms with E-state index >= 15 is 0 Å². The van der Waals surface area contributed by atoms with Gasteiger partial charge in [0.15, 0.2) is 5.69 Å². The Morgan fingerprint density at radius 1 is 1.24 bits per heavy atom. The number of anilines is 1. The summed E-state index contributed by atoms with van der Waals surface area (Å²) in [5, 5.41) is 11.8. The highest BCUT2D eigenvalue weighted by Gasteiger charge is 2.17. The number of methoxy groups -OCH3 is 1. The van der Waals surface area contributed by atoms with E-state index in [4.69, 9.17) is 10.5 Å². The Bertz CT molecular complexity index is 998. The molecule has 4 N–H and O–H groups in total. The molecule has 0 aliphatic rings. The molecule has 2 heterocycles. The van der Waals surface area contributed by atoms with Gasteiger partial charge in [0, 0.05) is 19.3 Å². The minimum absolute atomic E-state index is 0.288. The Labute approximate surface area is 172 Å². The molecule has 152 valence electrons. The number of aryl methyl sites for hydroxylation is 1. The van der Waals surface area contributed by atoms with Gasteiger partial charge in [-0.1, -0.05) is 6.07 Å². The summed E-state index contributed by atoms with van der Waals surface area (Å²) in [7, 11) is 3.28. The van der Waals surface area contributed by atoms with Crippen LogP contribution in [0.5, 0.6) is 5.75 Å².